The van der Waals surface area contributed by atoms with Crippen molar-refractivity contribution in [3.8, 4) is 39.5 Å². The maximum Gasteiger partial charge on any atom is 0.0851 e. The number of aromatic nitrogens is 4. The van der Waals surface area contributed by atoms with Crippen LogP contribution < -0.4 is 5.19 Å². The number of rotatable bonds is 8. The predicted molar refractivity (Wildman–Crippen MR) is 269 cm³/mol. The van der Waals surface area contributed by atoms with Gasteiger partial charge in [-0.05, 0) is 98.0 Å². The molecule has 0 aliphatic heterocycles. The smallest absolute Gasteiger partial charge is 0.0851 e. The third-order valence-corrected chi connectivity index (χ3v) is 14.5. The van der Waals surface area contributed by atoms with Crippen LogP contribution in [0.2, 0.25) is 19.6 Å². The van der Waals surface area contributed by atoms with Gasteiger partial charge in [0.15, 0.2) is 0 Å². The molecule has 0 saturated carbocycles. The number of nitrogens with zero attached hydrogens (tertiary/aromatic N) is 4. The average Bonchev–Trinajstić information content (AvgIpc) is 3.85. The van der Waals surface area contributed by atoms with Gasteiger partial charge in [-0.25, -0.2) is 0 Å². The summed E-state index contributed by atoms with van der Waals surface area (Å²) in [7, 11) is -1.67. The molecule has 323 valence electrons. The number of hydrogen-bond acceptors (Lipinski definition) is 4. The van der Waals surface area contributed by atoms with Crippen LogP contribution >= 0.6 is 11.3 Å². The van der Waals surface area contributed by atoms with Crippen LogP contribution in [0.1, 0.15) is 79.5 Å². The minimum absolute atomic E-state index is 0. The molecule has 4 nitrogen and oxygen atoms in total. The van der Waals surface area contributed by atoms with Gasteiger partial charge >= 0.3 is 0 Å². The fraction of sp³-hybridized carbons (Fsp3) is 0.268. The second-order valence-electron chi connectivity index (χ2n) is 18.9. The molecule has 0 amide bonds. The van der Waals surface area contributed by atoms with Gasteiger partial charge in [0.2, 0.25) is 0 Å². The number of aryl methyl sites for hydroxylation is 1. The summed E-state index contributed by atoms with van der Waals surface area (Å²) in [6.07, 6.45) is 2.39. The van der Waals surface area contributed by atoms with Crippen molar-refractivity contribution in [3.05, 3.63) is 162 Å². The summed E-state index contributed by atoms with van der Waals surface area (Å²) in [5, 5.41) is 3.63. The van der Waals surface area contributed by atoms with E-state index in [2.05, 4.69) is 162 Å². The van der Waals surface area contributed by atoms with Gasteiger partial charge in [-0.1, -0.05) is 134 Å². The van der Waals surface area contributed by atoms with Gasteiger partial charge in [-0.15, -0.1) is 59.7 Å². The molecule has 9 aromatic rings. The molecule has 0 atom stereocenters. The maximum absolute atomic E-state index is 8.55. The molecule has 1 radical (unpaired) electrons. The summed E-state index contributed by atoms with van der Waals surface area (Å²) in [4.78, 5) is 14.6. The first-order valence-corrected chi connectivity index (χ1v) is 26.1. The van der Waals surface area contributed by atoms with E-state index in [0.717, 1.165) is 50.1 Å². The first kappa shape index (κ1) is 43.2. The Morgan fingerprint density at radius 2 is 1.51 bits per heavy atom. The molecule has 4 aromatic heterocycles. The fourth-order valence-electron chi connectivity index (χ4n) is 8.28. The summed E-state index contributed by atoms with van der Waals surface area (Å²) < 4.78 is 22.0. The van der Waals surface area contributed by atoms with Crippen molar-refractivity contribution in [1.29, 1.82) is 0 Å². The molecule has 0 unspecified atom stereocenters. The molecule has 5 aromatic carbocycles. The Hall–Kier alpha value is -5.04. The molecule has 0 fully saturated rings. The van der Waals surface area contributed by atoms with Crippen molar-refractivity contribution in [2.24, 2.45) is 5.92 Å². The Kier molecular flexibility index (Phi) is 12.7. The predicted octanol–water partition coefficient (Wildman–Crippen LogP) is 14.9. The summed E-state index contributed by atoms with van der Waals surface area (Å²) in [6, 6.07) is 47.0. The van der Waals surface area contributed by atoms with Crippen molar-refractivity contribution >= 4 is 55.8 Å². The molecular formula is C56H58IrN4SSi-2. The van der Waals surface area contributed by atoms with Crippen molar-refractivity contribution < 1.29 is 22.8 Å². The molecule has 9 rings (SSSR count). The number of benzene rings is 5. The Bertz CT molecular complexity index is 3130. The largest absolute Gasteiger partial charge is 0.331 e. The molecule has 0 bridgehead atoms. The SMILES string of the molecule is Cc1nccc2nc(-c3[c-]cc4sc5ccccc5c4c3)n(-c3c(C(C)C)cc(-c4ccccc4)cc3C(C)(C)C)c12.[2H]C([2H])(c1cc(-c2[c-]cccc2)ncc1[Si](C)(C)C)C(C)C.[Ir]. The zero-order valence-electron chi connectivity index (χ0n) is 40.3. The van der Waals surface area contributed by atoms with Crippen LogP contribution in [0.5, 0.6) is 0 Å². The van der Waals surface area contributed by atoms with Crippen LogP contribution in [-0.4, -0.2) is 27.6 Å². The number of pyridine rings is 2. The summed E-state index contributed by atoms with van der Waals surface area (Å²) in [6.45, 7) is 24.2. The molecule has 0 aliphatic carbocycles. The Morgan fingerprint density at radius 3 is 2.19 bits per heavy atom. The Morgan fingerprint density at radius 1 is 0.778 bits per heavy atom. The van der Waals surface area contributed by atoms with Crippen molar-refractivity contribution in [1.82, 2.24) is 19.5 Å². The maximum atomic E-state index is 8.55. The van der Waals surface area contributed by atoms with Gasteiger partial charge in [-0.2, -0.15) is 11.3 Å². The van der Waals surface area contributed by atoms with Crippen LogP contribution in [0.3, 0.4) is 0 Å². The average molecular weight is 1040 g/mol. The van der Waals surface area contributed by atoms with Crippen molar-refractivity contribution in [2.75, 3.05) is 0 Å². The van der Waals surface area contributed by atoms with E-state index in [1.54, 1.807) is 0 Å². The number of imidazole rings is 1. The van der Waals surface area contributed by atoms with E-state index in [9.17, 15) is 0 Å². The quantitative estimate of drug-likeness (QED) is 0.113. The van der Waals surface area contributed by atoms with Gasteiger partial charge in [-0.3, -0.25) is 9.97 Å². The number of hydrogen-bond donors (Lipinski definition) is 0. The molecule has 0 saturated heterocycles. The first-order valence-electron chi connectivity index (χ1n) is 22.7. The molecule has 0 N–H and O–H groups in total. The van der Waals surface area contributed by atoms with Crippen LogP contribution in [0.4, 0.5) is 0 Å². The normalized spacial score (nSPS) is 12.7. The molecule has 7 heteroatoms. The van der Waals surface area contributed by atoms with Gasteiger partial charge in [0.25, 0.3) is 0 Å². The minimum Gasteiger partial charge on any atom is -0.331 e. The second-order valence-corrected chi connectivity index (χ2v) is 25.1. The molecule has 0 aliphatic rings. The third-order valence-electron chi connectivity index (χ3n) is 11.3. The summed E-state index contributed by atoms with van der Waals surface area (Å²) in [5.41, 5.74) is 12.6. The summed E-state index contributed by atoms with van der Waals surface area (Å²) >= 11 is 1.82. The molecule has 0 spiro atoms. The van der Waals surface area contributed by atoms with E-state index in [1.807, 2.05) is 74.0 Å². The first-order chi connectivity index (χ1) is 30.3. The topological polar surface area (TPSA) is 43.6 Å². The number of thiophene rings is 1. The molecular weight excluding hydrogens is 981 g/mol. The van der Waals surface area contributed by atoms with Gasteiger partial charge in [0.1, 0.15) is 0 Å². The van der Waals surface area contributed by atoms with E-state index in [-0.39, 0.29) is 31.4 Å². The van der Waals surface area contributed by atoms with Crippen LogP contribution in [0.25, 0.3) is 70.7 Å². The van der Waals surface area contributed by atoms with E-state index < -0.39 is 14.4 Å². The number of fused-ring (bicyclic) bond motifs is 4. The zero-order chi connectivity index (χ0) is 45.7. The van der Waals surface area contributed by atoms with E-state index in [0.29, 0.717) is 5.92 Å². The fourth-order valence-corrected chi connectivity index (χ4v) is 10.8. The van der Waals surface area contributed by atoms with E-state index in [1.165, 1.54) is 48.1 Å². The minimum atomic E-state index is -1.67. The monoisotopic (exact) mass is 1040 g/mol. The Labute approximate surface area is 396 Å². The molecule has 63 heavy (non-hydrogen) atoms. The van der Waals surface area contributed by atoms with Crippen LogP contribution in [-0.2, 0) is 31.9 Å². The van der Waals surface area contributed by atoms with Crippen molar-refractivity contribution in [3.63, 3.8) is 0 Å². The van der Waals surface area contributed by atoms with Gasteiger partial charge < -0.3 is 9.55 Å². The van der Waals surface area contributed by atoms with E-state index >= 15 is 0 Å². The van der Waals surface area contributed by atoms with E-state index in [4.69, 9.17) is 12.7 Å². The van der Waals surface area contributed by atoms with Gasteiger partial charge in [0, 0.05) is 45.6 Å². The third kappa shape index (κ3) is 9.59. The molecule has 4 heterocycles. The van der Waals surface area contributed by atoms with Crippen molar-refractivity contribution in [2.45, 2.75) is 92.7 Å². The zero-order valence-corrected chi connectivity index (χ0v) is 42.5. The summed E-state index contributed by atoms with van der Waals surface area (Å²) in [5.74, 6) is 1.11. The van der Waals surface area contributed by atoms with Crippen LogP contribution in [0, 0.1) is 25.0 Å². The standard InChI is InChI=1S/C38H34N3S.C18H24NSi.Ir/c1-23(2)29-21-27(25-12-8-7-9-13-25)22-31(38(4,5)6)36(29)41-35-24(3)39-19-18-32(35)40-37(41)26-16-17-34-30(20-26)28-14-10-11-15-33(28)42-34;1-14(2)11-16-12-17(15-9-7-6-8-10-15)19-13-18(16)20(3,4)5;/h7-15,17-23H,1-6H3;6-9,12-14H,11H2,1-5H3;/q2*-1;/i;11D2;. The Balaban J connectivity index is 0.000000233. The second kappa shape index (κ2) is 18.6. The van der Waals surface area contributed by atoms with Crippen LogP contribution in [0.15, 0.2) is 128 Å². The van der Waals surface area contributed by atoms with Gasteiger partial charge in [0.05, 0.1) is 30.6 Å².